The number of anilines is 1. The van der Waals surface area contributed by atoms with E-state index in [4.69, 9.17) is 19.2 Å². The van der Waals surface area contributed by atoms with Crippen LogP contribution in [0.15, 0.2) is 67.0 Å². The second kappa shape index (κ2) is 11.7. The summed E-state index contributed by atoms with van der Waals surface area (Å²) >= 11 is 0. The molecular weight excluding hydrogens is 546 g/mol. The summed E-state index contributed by atoms with van der Waals surface area (Å²) in [6, 6.07) is 17.4. The number of hydrogen-bond acceptors (Lipinski definition) is 7. The van der Waals surface area contributed by atoms with Crippen LogP contribution in [-0.4, -0.2) is 49.7 Å². The van der Waals surface area contributed by atoms with E-state index in [0.29, 0.717) is 22.4 Å². The maximum absolute atomic E-state index is 13.8. The fourth-order valence-corrected chi connectivity index (χ4v) is 5.47. The van der Waals surface area contributed by atoms with E-state index in [9.17, 15) is 9.90 Å². The van der Waals surface area contributed by atoms with Gasteiger partial charge in [0, 0.05) is 24.6 Å². The zero-order valence-corrected chi connectivity index (χ0v) is 25.0. The van der Waals surface area contributed by atoms with Crippen LogP contribution >= 0.6 is 0 Å². The van der Waals surface area contributed by atoms with Crippen LogP contribution in [0.1, 0.15) is 57.4 Å². The van der Waals surface area contributed by atoms with Gasteiger partial charge < -0.3 is 23.7 Å². The Kier molecular flexibility index (Phi) is 7.81. The van der Waals surface area contributed by atoms with Gasteiger partial charge in [0.1, 0.15) is 11.4 Å². The molecule has 1 N–H and O–H groups in total. The molecule has 1 fully saturated rings. The molecule has 2 aromatic carbocycles. The lowest BCUT2D eigenvalue weighted by Gasteiger charge is -2.28. The minimum atomic E-state index is -0.715. The predicted molar refractivity (Wildman–Crippen MR) is 164 cm³/mol. The topological polar surface area (TPSA) is 103 Å². The van der Waals surface area contributed by atoms with Gasteiger partial charge in [0.15, 0.2) is 12.0 Å². The molecule has 3 aromatic heterocycles. The van der Waals surface area contributed by atoms with E-state index in [1.807, 2.05) is 90.6 Å². The fourth-order valence-electron chi connectivity index (χ4n) is 5.47. The minimum absolute atomic E-state index is 0.107. The monoisotopic (exact) mass is 583 g/mol. The average molecular weight is 584 g/mol. The Balaban J connectivity index is 1.50. The summed E-state index contributed by atoms with van der Waals surface area (Å²) in [5.74, 6) is 1.15. The van der Waals surface area contributed by atoms with Crippen molar-refractivity contribution in [2.45, 2.75) is 65.0 Å². The Morgan fingerprint density at radius 3 is 2.58 bits per heavy atom. The first kappa shape index (κ1) is 28.7. The molecule has 4 heterocycles. The largest absolute Gasteiger partial charge is 0.497 e. The van der Waals surface area contributed by atoms with Crippen molar-refractivity contribution in [1.29, 1.82) is 0 Å². The van der Waals surface area contributed by atoms with Gasteiger partial charge in [0.05, 0.1) is 42.5 Å². The van der Waals surface area contributed by atoms with Gasteiger partial charge in [0.25, 0.3) is 0 Å². The number of carbonyl (C=O) groups is 1. The lowest BCUT2D eigenvalue weighted by atomic mass is 10.1. The highest BCUT2D eigenvalue weighted by molar-refractivity contribution is 5.96. The first-order valence-electron chi connectivity index (χ1n) is 14.6. The molecule has 10 heteroatoms. The first-order valence-corrected chi connectivity index (χ1v) is 14.6. The van der Waals surface area contributed by atoms with Crippen LogP contribution in [0.3, 0.4) is 0 Å². The van der Waals surface area contributed by atoms with E-state index in [1.54, 1.807) is 18.2 Å². The summed E-state index contributed by atoms with van der Waals surface area (Å²) in [5, 5.41) is 14.6. The second-order valence-corrected chi connectivity index (χ2v) is 11.8. The molecule has 5 aromatic rings. The third-order valence-corrected chi connectivity index (χ3v) is 7.51. The normalized spacial score (nSPS) is 15.6. The maximum Gasteiger partial charge on any atom is 0.416 e. The summed E-state index contributed by atoms with van der Waals surface area (Å²) in [5.41, 5.74) is 4.95. The van der Waals surface area contributed by atoms with Crippen molar-refractivity contribution in [3.8, 4) is 17.0 Å². The zero-order valence-electron chi connectivity index (χ0n) is 25.0. The highest BCUT2D eigenvalue weighted by atomic mass is 16.6. The quantitative estimate of drug-likeness (QED) is 0.234. The van der Waals surface area contributed by atoms with Gasteiger partial charge >= 0.3 is 6.09 Å². The van der Waals surface area contributed by atoms with E-state index in [2.05, 4.69) is 5.10 Å². The molecule has 0 radical (unpaired) electrons. The zero-order chi connectivity index (χ0) is 30.1. The second-order valence-electron chi connectivity index (χ2n) is 11.8. The Bertz CT molecular complexity index is 1750. The number of aliphatic hydroxyl groups is 1. The van der Waals surface area contributed by atoms with Crippen molar-refractivity contribution in [2.75, 3.05) is 18.6 Å². The first-order chi connectivity index (χ1) is 20.7. The summed E-state index contributed by atoms with van der Waals surface area (Å²) in [4.78, 5) is 20.4. The van der Waals surface area contributed by atoms with Crippen molar-refractivity contribution in [2.24, 2.45) is 0 Å². The van der Waals surface area contributed by atoms with E-state index in [-0.39, 0.29) is 19.4 Å². The maximum atomic E-state index is 13.8. The average Bonchev–Trinajstić information content (AvgIpc) is 3.67. The van der Waals surface area contributed by atoms with Gasteiger partial charge in [-0.2, -0.15) is 5.10 Å². The molecule has 43 heavy (non-hydrogen) atoms. The number of ether oxygens (including phenoxy) is 3. The predicted octanol–water partition coefficient (Wildman–Crippen LogP) is 6.49. The molecule has 1 atom stereocenters. The lowest BCUT2D eigenvalue weighted by molar-refractivity contribution is -0.0383. The Morgan fingerprint density at radius 1 is 1.07 bits per heavy atom. The number of amides is 1. The molecule has 0 aliphatic carbocycles. The number of nitrogens with zero attached hydrogens (tertiary/aromatic N) is 5. The molecule has 0 bridgehead atoms. The molecule has 10 nitrogen and oxygen atoms in total. The molecular formula is C33H37N5O5. The van der Waals surface area contributed by atoms with Gasteiger partial charge in [-0.05, 0) is 87.6 Å². The Hall–Kier alpha value is -4.41. The summed E-state index contributed by atoms with van der Waals surface area (Å²) < 4.78 is 21.1. The molecule has 224 valence electrons. The molecule has 1 aliphatic rings. The summed E-state index contributed by atoms with van der Waals surface area (Å²) in [6.07, 6.45) is 6.11. The van der Waals surface area contributed by atoms with Gasteiger partial charge in [-0.15, -0.1) is 0 Å². The number of aromatic nitrogens is 4. The highest BCUT2D eigenvalue weighted by Crippen LogP contribution is 2.33. The van der Waals surface area contributed by atoms with Crippen molar-refractivity contribution in [3.05, 3.63) is 78.1 Å². The molecule has 1 aliphatic heterocycles. The van der Waals surface area contributed by atoms with E-state index in [0.717, 1.165) is 54.0 Å². The van der Waals surface area contributed by atoms with Gasteiger partial charge in [-0.3, -0.25) is 4.90 Å². The van der Waals surface area contributed by atoms with Gasteiger partial charge in [-0.25, -0.2) is 14.5 Å². The Labute approximate surface area is 250 Å². The number of carbonyl (C=O) groups excluding carboxylic acids is 1. The molecule has 1 saturated heterocycles. The Morgan fingerprint density at radius 2 is 1.88 bits per heavy atom. The third kappa shape index (κ3) is 5.93. The van der Waals surface area contributed by atoms with Crippen molar-refractivity contribution >= 4 is 28.5 Å². The van der Waals surface area contributed by atoms with Crippen molar-refractivity contribution in [3.63, 3.8) is 0 Å². The van der Waals surface area contributed by atoms with E-state index < -0.39 is 11.7 Å². The molecule has 0 spiro atoms. The van der Waals surface area contributed by atoms with Crippen LogP contribution in [0.4, 0.5) is 10.6 Å². The highest BCUT2D eigenvalue weighted by Gasteiger charge is 2.28. The number of methoxy groups -OCH3 is 1. The number of hydrogen-bond donors (Lipinski definition) is 1. The van der Waals surface area contributed by atoms with Gasteiger partial charge in [0.2, 0.25) is 0 Å². The van der Waals surface area contributed by atoms with Crippen LogP contribution in [0.2, 0.25) is 0 Å². The minimum Gasteiger partial charge on any atom is -0.497 e. The van der Waals surface area contributed by atoms with Crippen LogP contribution in [0.25, 0.3) is 27.8 Å². The molecule has 6 rings (SSSR count). The summed E-state index contributed by atoms with van der Waals surface area (Å²) in [7, 11) is 1.62. The SMILES string of the molecule is COc1ccc(CN(C(=O)OC(C)(C)C)c2nc3cc(-c4ccnn4C4CCCCO4)ccc3n3cc(CO)cc23)cc1. The van der Waals surface area contributed by atoms with E-state index in [1.165, 1.54) is 0 Å². The van der Waals surface area contributed by atoms with Crippen LogP contribution in [0, 0.1) is 0 Å². The number of benzene rings is 2. The molecule has 0 saturated carbocycles. The standard InChI is InChI=1S/C33H37N5O5/c1-33(2,3)43-32(40)37(19-22-8-11-25(41-4)12-9-22)31-29-17-23(21-39)20-36(29)28-13-10-24(18-26(28)35-31)27-14-15-34-38(27)30-7-5-6-16-42-30/h8-15,17-18,20,30,39H,5-7,16,19,21H2,1-4H3. The van der Waals surface area contributed by atoms with Crippen molar-refractivity contribution in [1.82, 2.24) is 19.2 Å². The van der Waals surface area contributed by atoms with Crippen LogP contribution < -0.4 is 9.64 Å². The smallest absolute Gasteiger partial charge is 0.416 e. The summed E-state index contributed by atoms with van der Waals surface area (Å²) in [6.45, 7) is 6.32. The fraction of sp³-hybridized carbons (Fsp3) is 0.364. The van der Waals surface area contributed by atoms with Gasteiger partial charge in [-0.1, -0.05) is 18.2 Å². The van der Waals surface area contributed by atoms with Crippen LogP contribution in [0.5, 0.6) is 5.75 Å². The number of rotatable bonds is 7. The third-order valence-electron chi connectivity index (χ3n) is 7.51. The number of fused-ring (bicyclic) bond motifs is 3. The van der Waals surface area contributed by atoms with Crippen LogP contribution in [-0.2, 0) is 22.6 Å². The molecule has 1 amide bonds. The lowest BCUT2D eigenvalue weighted by Crippen LogP contribution is -2.37. The molecule has 1 unspecified atom stereocenters. The van der Waals surface area contributed by atoms with E-state index >= 15 is 0 Å². The van der Waals surface area contributed by atoms with Crippen molar-refractivity contribution < 1.29 is 24.1 Å². The number of aliphatic hydroxyl groups excluding tert-OH is 1.